The van der Waals surface area contributed by atoms with Gasteiger partial charge >= 0.3 is 0 Å². The van der Waals surface area contributed by atoms with E-state index in [0.717, 1.165) is 15.7 Å². The van der Waals surface area contributed by atoms with E-state index in [-0.39, 0.29) is 0 Å². The van der Waals surface area contributed by atoms with Crippen LogP contribution in [0.5, 0.6) is 0 Å². The Bertz CT molecular complexity index is 473. The normalized spacial score (nSPS) is 10.4. The van der Waals surface area contributed by atoms with Gasteiger partial charge in [0.2, 0.25) is 0 Å². The van der Waals surface area contributed by atoms with Crippen molar-refractivity contribution in [2.45, 2.75) is 0 Å². The average molecular weight is 176 g/mol. The summed E-state index contributed by atoms with van der Waals surface area (Å²) in [6.07, 6.45) is 1.71. The van der Waals surface area contributed by atoms with Crippen molar-refractivity contribution in [3.8, 4) is 0 Å². The van der Waals surface area contributed by atoms with Gasteiger partial charge in [-0.1, -0.05) is 24.4 Å². The molecular weight excluding hydrogens is 168 g/mol. The number of aromatic nitrogens is 2. The van der Waals surface area contributed by atoms with Crippen LogP contribution in [0.25, 0.3) is 11.0 Å². The van der Waals surface area contributed by atoms with Crippen LogP contribution in [0.1, 0.15) is 0 Å². The van der Waals surface area contributed by atoms with Gasteiger partial charge in [-0.25, -0.2) is 0 Å². The Morgan fingerprint density at radius 1 is 1.33 bits per heavy atom. The van der Waals surface area contributed by atoms with Gasteiger partial charge in [-0.05, 0) is 12.1 Å². The third-order valence-corrected chi connectivity index (χ3v) is 2.27. The average Bonchev–Trinajstić information content (AvgIpc) is 2.12. The molecular formula is C9H8N2S. The molecule has 1 heterocycles. The van der Waals surface area contributed by atoms with Crippen LogP contribution in [0, 0.1) is 4.64 Å². The minimum atomic E-state index is 0.758. The molecule has 3 heteroatoms. The summed E-state index contributed by atoms with van der Waals surface area (Å²) in [5.41, 5.74) is 2.05. The number of rotatable bonds is 0. The van der Waals surface area contributed by atoms with Gasteiger partial charge in [0.05, 0.1) is 17.2 Å². The first-order chi connectivity index (χ1) is 5.79. The van der Waals surface area contributed by atoms with Crippen LogP contribution in [-0.2, 0) is 7.05 Å². The van der Waals surface area contributed by atoms with Crippen LogP contribution >= 0.6 is 12.2 Å². The number of benzene rings is 1. The van der Waals surface area contributed by atoms with Gasteiger partial charge in [-0.15, -0.1) is 0 Å². The smallest absolute Gasteiger partial charge is 0.124 e. The van der Waals surface area contributed by atoms with Gasteiger partial charge in [0.25, 0.3) is 0 Å². The molecule has 2 aromatic rings. The fourth-order valence-corrected chi connectivity index (χ4v) is 1.34. The second-order valence-corrected chi connectivity index (χ2v) is 3.06. The third kappa shape index (κ3) is 1.02. The molecule has 0 N–H and O–H groups in total. The monoisotopic (exact) mass is 176 g/mol. The standard InChI is InChI=1S/C9H8N2S/c1-11-8-5-3-2-4-7(8)10-6-9(11)12/h2-6H,1H3. The van der Waals surface area contributed by atoms with Crippen molar-refractivity contribution in [3.05, 3.63) is 35.1 Å². The van der Waals surface area contributed by atoms with Gasteiger partial charge in [0.1, 0.15) is 4.64 Å². The number of hydrogen-bond acceptors (Lipinski definition) is 2. The van der Waals surface area contributed by atoms with E-state index in [9.17, 15) is 0 Å². The molecule has 1 aromatic heterocycles. The number of nitrogens with zero attached hydrogens (tertiary/aromatic N) is 2. The summed E-state index contributed by atoms with van der Waals surface area (Å²) in [5.74, 6) is 0. The Kier molecular flexibility index (Phi) is 1.66. The van der Waals surface area contributed by atoms with Crippen molar-refractivity contribution in [3.63, 3.8) is 0 Å². The van der Waals surface area contributed by atoms with E-state index >= 15 is 0 Å². The van der Waals surface area contributed by atoms with Crippen LogP contribution in [0.2, 0.25) is 0 Å². The molecule has 0 saturated heterocycles. The second-order valence-electron chi connectivity index (χ2n) is 2.64. The summed E-state index contributed by atoms with van der Waals surface area (Å²) in [6.45, 7) is 0. The summed E-state index contributed by atoms with van der Waals surface area (Å²) in [5, 5.41) is 0. The molecule has 0 amide bonds. The van der Waals surface area contributed by atoms with Crippen LogP contribution in [0.15, 0.2) is 30.5 Å². The summed E-state index contributed by atoms with van der Waals surface area (Å²) in [6, 6.07) is 7.94. The molecule has 60 valence electrons. The van der Waals surface area contributed by atoms with Crippen LogP contribution in [-0.4, -0.2) is 9.55 Å². The molecule has 0 unspecified atom stereocenters. The number of aryl methyl sites for hydroxylation is 1. The van der Waals surface area contributed by atoms with Crippen molar-refractivity contribution >= 4 is 23.3 Å². The largest absolute Gasteiger partial charge is 0.333 e. The van der Waals surface area contributed by atoms with E-state index < -0.39 is 0 Å². The van der Waals surface area contributed by atoms with E-state index in [1.54, 1.807) is 6.20 Å². The highest BCUT2D eigenvalue weighted by Crippen LogP contribution is 2.09. The molecule has 2 nitrogen and oxygen atoms in total. The van der Waals surface area contributed by atoms with Gasteiger partial charge < -0.3 is 4.57 Å². The molecule has 0 aliphatic carbocycles. The molecule has 0 spiro atoms. The van der Waals surface area contributed by atoms with Crippen LogP contribution < -0.4 is 0 Å². The number of para-hydroxylation sites is 2. The van der Waals surface area contributed by atoms with E-state index in [1.807, 2.05) is 35.9 Å². The van der Waals surface area contributed by atoms with Gasteiger partial charge in [0.15, 0.2) is 0 Å². The Morgan fingerprint density at radius 2 is 2.08 bits per heavy atom. The fraction of sp³-hybridized carbons (Fsp3) is 0.111. The van der Waals surface area contributed by atoms with E-state index in [2.05, 4.69) is 4.98 Å². The van der Waals surface area contributed by atoms with Gasteiger partial charge in [0, 0.05) is 7.05 Å². The lowest BCUT2D eigenvalue weighted by atomic mass is 10.3. The minimum absolute atomic E-state index is 0.758. The fourth-order valence-electron chi connectivity index (χ4n) is 1.19. The zero-order chi connectivity index (χ0) is 8.55. The maximum atomic E-state index is 5.08. The Hall–Kier alpha value is -1.22. The van der Waals surface area contributed by atoms with Crippen molar-refractivity contribution < 1.29 is 0 Å². The van der Waals surface area contributed by atoms with Crippen molar-refractivity contribution in [1.29, 1.82) is 0 Å². The highest BCUT2D eigenvalue weighted by atomic mass is 32.1. The molecule has 2 rings (SSSR count). The first-order valence-corrected chi connectivity index (χ1v) is 4.10. The van der Waals surface area contributed by atoms with E-state index in [1.165, 1.54) is 0 Å². The van der Waals surface area contributed by atoms with Crippen LogP contribution in [0.4, 0.5) is 0 Å². The molecule has 0 saturated carbocycles. The predicted molar refractivity (Wildman–Crippen MR) is 51.5 cm³/mol. The summed E-state index contributed by atoms with van der Waals surface area (Å²) >= 11 is 5.08. The Labute approximate surface area is 75.5 Å². The molecule has 0 aliphatic heterocycles. The molecule has 0 bridgehead atoms. The maximum absolute atomic E-state index is 5.08. The predicted octanol–water partition coefficient (Wildman–Crippen LogP) is 2.30. The molecule has 12 heavy (non-hydrogen) atoms. The Balaban J connectivity index is 3.01. The van der Waals surface area contributed by atoms with E-state index in [0.29, 0.717) is 0 Å². The van der Waals surface area contributed by atoms with Crippen molar-refractivity contribution in [2.24, 2.45) is 7.05 Å². The summed E-state index contributed by atoms with van der Waals surface area (Å²) in [4.78, 5) is 4.22. The SMILES string of the molecule is Cn1c(=S)cnc2ccccc21. The Morgan fingerprint density at radius 3 is 2.92 bits per heavy atom. The molecule has 0 radical (unpaired) electrons. The highest BCUT2D eigenvalue weighted by molar-refractivity contribution is 7.71. The summed E-state index contributed by atoms with van der Waals surface area (Å²) in [7, 11) is 1.95. The molecule has 0 aliphatic rings. The number of hydrogen-bond donors (Lipinski definition) is 0. The lowest BCUT2D eigenvalue weighted by Gasteiger charge is -2.02. The topological polar surface area (TPSA) is 17.8 Å². The first-order valence-electron chi connectivity index (χ1n) is 3.70. The number of fused-ring (bicyclic) bond motifs is 1. The molecule has 0 atom stereocenters. The van der Waals surface area contributed by atoms with Crippen LogP contribution in [0.3, 0.4) is 0 Å². The maximum Gasteiger partial charge on any atom is 0.124 e. The van der Waals surface area contributed by atoms with Crippen molar-refractivity contribution in [2.75, 3.05) is 0 Å². The van der Waals surface area contributed by atoms with E-state index in [4.69, 9.17) is 12.2 Å². The molecule has 0 fully saturated rings. The van der Waals surface area contributed by atoms with Crippen molar-refractivity contribution in [1.82, 2.24) is 9.55 Å². The lowest BCUT2D eigenvalue weighted by Crippen LogP contribution is -1.95. The third-order valence-electron chi connectivity index (χ3n) is 1.89. The van der Waals surface area contributed by atoms with Gasteiger partial charge in [-0.3, -0.25) is 4.98 Å². The highest BCUT2D eigenvalue weighted by Gasteiger charge is 1.94. The first kappa shape index (κ1) is 7.43. The lowest BCUT2D eigenvalue weighted by molar-refractivity contribution is 0.922. The summed E-state index contributed by atoms with van der Waals surface area (Å²) < 4.78 is 2.71. The second kappa shape index (κ2) is 2.68. The zero-order valence-electron chi connectivity index (χ0n) is 6.69. The zero-order valence-corrected chi connectivity index (χ0v) is 7.51. The molecule has 1 aromatic carbocycles. The van der Waals surface area contributed by atoms with Gasteiger partial charge in [-0.2, -0.15) is 0 Å². The quantitative estimate of drug-likeness (QED) is 0.573. The minimum Gasteiger partial charge on any atom is -0.333 e.